The molecule has 1 aliphatic heterocycles. The SMILES string of the molecule is CCOc1cc2c(c(F)c1F)OC(C1CCC(C(=O)OC3CCC(C4CCC(C)CC4)CC3)CC1)CC2. The highest BCUT2D eigenvalue weighted by atomic mass is 19.2. The lowest BCUT2D eigenvalue weighted by Crippen LogP contribution is -2.36. The maximum Gasteiger partial charge on any atom is 0.309 e. The minimum absolute atomic E-state index is 0.0279. The Balaban J connectivity index is 1.07. The largest absolute Gasteiger partial charge is 0.491 e. The number of carbonyl (C=O) groups excluding carboxylic acids is 1. The Hall–Kier alpha value is -1.85. The molecule has 37 heavy (non-hydrogen) atoms. The van der Waals surface area contributed by atoms with E-state index in [2.05, 4.69) is 6.92 Å². The van der Waals surface area contributed by atoms with Gasteiger partial charge in [0.25, 0.3) is 0 Å². The Morgan fingerprint density at radius 3 is 2.14 bits per heavy atom. The van der Waals surface area contributed by atoms with Crippen molar-refractivity contribution in [3.8, 4) is 11.5 Å². The normalized spacial score (nSPS) is 34.2. The van der Waals surface area contributed by atoms with Crippen LogP contribution in [0, 0.1) is 41.2 Å². The number of rotatable bonds is 6. The minimum Gasteiger partial charge on any atom is -0.491 e. The zero-order chi connectivity index (χ0) is 25.9. The van der Waals surface area contributed by atoms with Crippen LogP contribution in [-0.4, -0.2) is 24.8 Å². The second-order valence-corrected chi connectivity index (χ2v) is 12.2. The molecule has 4 aliphatic rings. The molecule has 0 N–H and O–H groups in total. The van der Waals surface area contributed by atoms with Crippen LogP contribution in [-0.2, 0) is 16.0 Å². The lowest BCUT2D eigenvalue weighted by atomic mass is 9.71. The van der Waals surface area contributed by atoms with Gasteiger partial charge in [-0.1, -0.05) is 19.8 Å². The van der Waals surface area contributed by atoms with Crippen molar-refractivity contribution in [1.29, 1.82) is 0 Å². The maximum atomic E-state index is 14.7. The van der Waals surface area contributed by atoms with Crippen molar-refractivity contribution in [2.75, 3.05) is 6.61 Å². The standard InChI is InChI=1S/C31H44F2O4/c1-3-35-27-18-24-14-17-26(37-30(24)29(33)28(27)32)22-8-10-23(11-9-22)31(34)36-25-15-12-21(13-16-25)20-6-4-19(2)5-7-20/h18-23,25-26H,3-17H2,1-2H3. The van der Waals surface area contributed by atoms with Crippen molar-refractivity contribution in [1.82, 2.24) is 0 Å². The van der Waals surface area contributed by atoms with Crippen LogP contribution in [0.2, 0.25) is 0 Å². The van der Waals surface area contributed by atoms with Crippen LogP contribution >= 0.6 is 0 Å². The van der Waals surface area contributed by atoms with Crippen LogP contribution in [0.5, 0.6) is 11.5 Å². The molecule has 0 aromatic heterocycles. The molecule has 3 saturated carbocycles. The summed E-state index contributed by atoms with van der Waals surface area (Å²) in [5.41, 5.74) is 0.670. The van der Waals surface area contributed by atoms with E-state index in [0.717, 1.165) is 62.7 Å². The van der Waals surface area contributed by atoms with Crippen LogP contribution in [0.25, 0.3) is 0 Å². The number of aryl methyl sites for hydroxylation is 1. The average molecular weight is 519 g/mol. The molecule has 0 amide bonds. The predicted molar refractivity (Wildman–Crippen MR) is 139 cm³/mol. The topological polar surface area (TPSA) is 44.8 Å². The van der Waals surface area contributed by atoms with Gasteiger partial charge in [0.05, 0.1) is 12.5 Å². The molecule has 1 aromatic carbocycles. The summed E-state index contributed by atoms with van der Waals surface area (Å²) in [6.45, 7) is 4.41. The van der Waals surface area contributed by atoms with Crippen molar-refractivity contribution in [2.45, 2.75) is 116 Å². The summed E-state index contributed by atoms with van der Waals surface area (Å²) in [7, 11) is 0. The minimum atomic E-state index is -0.977. The number of esters is 1. The highest BCUT2D eigenvalue weighted by Crippen LogP contribution is 2.43. The van der Waals surface area contributed by atoms with Crippen LogP contribution in [0.4, 0.5) is 8.78 Å². The highest BCUT2D eigenvalue weighted by Gasteiger charge is 2.37. The van der Waals surface area contributed by atoms with E-state index in [9.17, 15) is 13.6 Å². The van der Waals surface area contributed by atoms with Crippen LogP contribution in [0.1, 0.15) is 103 Å². The number of carbonyl (C=O) groups is 1. The summed E-state index contributed by atoms with van der Waals surface area (Å²) >= 11 is 0. The van der Waals surface area contributed by atoms with Gasteiger partial charge in [-0.2, -0.15) is 8.78 Å². The Morgan fingerprint density at radius 2 is 1.49 bits per heavy atom. The summed E-state index contributed by atoms with van der Waals surface area (Å²) in [5, 5.41) is 0. The summed E-state index contributed by atoms with van der Waals surface area (Å²) in [6.07, 6.45) is 14.6. The van der Waals surface area contributed by atoms with Crippen molar-refractivity contribution in [3.63, 3.8) is 0 Å². The Labute approximate surface area is 220 Å². The summed E-state index contributed by atoms with van der Waals surface area (Å²) in [5.74, 6) is 0.839. The first-order valence-corrected chi connectivity index (χ1v) is 14.9. The zero-order valence-electron chi connectivity index (χ0n) is 22.6. The van der Waals surface area contributed by atoms with Gasteiger partial charge in [-0.05, 0) is 114 Å². The van der Waals surface area contributed by atoms with Gasteiger partial charge in [0.2, 0.25) is 11.6 Å². The van der Waals surface area contributed by atoms with E-state index >= 15 is 0 Å². The molecule has 0 bridgehead atoms. The van der Waals surface area contributed by atoms with Gasteiger partial charge in [0.1, 0.15) is 12.2 Å². The molecule has 0 spiro atoms. The smallest absolute Gasteiger partial charge is 0.309 e. The van der Waals surface area contributed by atoms with E-state index in [-0.39, 0.29) is 48.1 Å². The van der Waals surface area contributed by atoms with Crippen LogP contribution < -0.4 is 9.47 Å². The summed E-state index contributed by atoms with van der Waals surface area (Å²) in [6, 6.07) is 1.57. The van der Waals surface area contributed by atoms with Crippen molar-refractivity contribution in [3.05, 3.63) is 23.3 Å². The molecule has 3 fully saturated rings. The van der Waals surface area contributed by atoms with Gasteiger partial charge in [-0.3, -0.25) is 4.79 Å². The number of ether oxygens (including phenoxy) is 3. The van der Waals surface area contributed by atoms with E-state index in [1.54, 1.807) is 13.0 Å². The third-order valence-electron chi connectivity index (χ3n) is 9.83. The second kappa shape index (κ2) is 11.9. The molecule has 206 valence electrons. The fourth-order valence-corrected chi connectivity index (χ4v) is 7.47. The van der Waals surface area contributed by atoms with Crippen molar-refractivity contribution >= 4 is 5.97 Å². The number of halogens is 2. The van der Waals surface area contributed by atoms with Crippen molar-refractivity contribution < 1.29 is 27.8 Å². The maximum absolute atomic E-state index is 14.7. The van der Waals surface area contributed by atoms with Gasteiger partial charge in [0, 0.05) is 5.56 Å². The highest BCUT2D eigenvalue weighted by molar-refractivity contribution is 5.72. The molecular weight excluding hydrogens is 474 g/mol. The molecule has 5 rings (SSSR count). The number of fused-ring (bicyclic) bond motifs is 1. The lowest BCUT2D eigenvalue weighted by Gasteiger charge is -2.38. The monoisotopic (exact) mass is 518 g/mol. The molecule has 1 unspecified atom stereocenters. The quantitative estimate of drug-likeness (QED) is 0.361. The fourth-order valence-electron chi connectivity index (χ4n) is 7.47. The molecule has 1 atom stereocenters. The first kappa shape index (κ1) is 26.7. The first-order chi connectivity index (χ1) is 17.9. The van der Waals surface area contributed by atoms with Crippen molar-refractivity contribution in [2.24, 2.45) is 29.6 Å². The van der Waals surface area contributed by atoms with E-state index in [0.29, 0.717) is 12.0 Å². The van der Waals surface area contributed by atoms with Gasteiger partial charge in [0.15, 0.2) is 11.5 Å². The van der Waals surface area contributed by atoms with Gasteiger partial charge in [-0.25, -0.2) is 0 Å². The van der Waals surface area contributed by atoms with E-state index in [1.807, 2.05) is 0 Å². The number of hydrogen-bond acceptors (Lipinski definition) is 4. The molecular formula is C31H44F2O4. The van der Waals surface area contributed by atoms with Gasteiger partial charge in [-0.15, -0.1) is 0 Å². The Kier molecular flexibility index (Phi) is 8.60. The Morgan fingerprint density at radius 1 is 0.865 bits per heavy atom. The van der Waals surface area contributed by atoms with Crippen LogP contribution in [0.3, 0.4) is 0 Å². The summed E-state index contributed by atoms with van der Waals surface area (Å²) < 4.78 is 46.3. The number of hydrogen-bond donors (Lipinski definition) is 0. The summed E-state index contributed by atoms with van der Waals surface area (Å²) in [4.78, 5) is 12.9. The molecule has 6 heteroatoms. The molecule has 0 radical (unpaired) electrons. The van der Waals surface area contributed by atoms with E-state index in [1.165, 1.54) is 38.5 Å². The molecule has 1 aromatic rings. The molecule has 4 nitrogen and oxygen atoms in total. The third-order valence-corrected chi connectivity index (χ3v) is 9.83. The van der Waals surface area contributed by atoms with Gasteiger partial charge >= 0.3 is 5.97 Å². The predicted octanol–water partition coefficient (Wildman–Crippen LogP) is 7.79. The van der Waals surface area contributed by atoms with E-state index < -0.39 is 11.6 Å². The third kappa shape index (κ3) is 6.09. The second-order valence-electron chi connectivity index (χ2n) is 12.2. The van der Waals surface area contributed by atoms with Gasteiger partial charge < -0.3 is 14.2 Å². The Bertz CT molecular complexity index is 926. The first-order valence-electron chi connectivity index (χ1n) is 14.9. The lowest BCUT2D eigenvalue weighted by molar-refractivity contribution is -0.158. The van der Waals surface area contributed by atoms with E-state index in [4.69, 9.17) is 14.2 Å². The average Bonchev–Trinajstić information content (AvgIpc) is 2.92. The fraction of sp³-hybridized carbons (Fsp3) is 0.774. The molecule has 1 heterocycles. The molecule has 3 aliphatic carbocycles. The number of benzene rings is 1. The molecule has 0 saturated heterocycles. The van der Waals surface area contributed by atoms with Crippen LogP contribution in [0.15, 0.2) is 6.07 Å². The zero-order valence-corrected chi connectivity index (χ0v) is 22.6.